The lowest BCUT2D eigenvalue weighted by Gasteiger charge is -2.11. The Kier molecular flexibility index (Phi) is 4.80. The third-order valence-electron chi connectivity index (χ3n) is 4.23. The van der Waals surface area contributed by atoms with E-state index in [2.05, 4.69) is 10.4 Å². The number of nitrogens with zero attached hydrogens (tertiary/aromatic N) is 2. The molecule has 0 fully saturated rings. The number of rotatable bonds is 6. The summed E-state index contributed by atoms with van der Waals surface area (Å²) in [5.74, 6) is -2.07. The van der Waals surface area contributed by atoms with Crippen molar-refractivity contribution in [3.8, 4) is 5.69 Å². The summed E-state index contributed by atoms with van der Waals surface area (Å²) >= 11 is 0. The number of carboxylic acid groups (broad SMARTS) is 1. The zero-order chi connectivity index (χ0) is 18.0. The first kappa shape index (κ1) is 17.1. The first-order valence-corrected chi connectivity index (χ1v) is 7.92. The van der Waals surface area contributed by atoms with Crippen molar-refractivity contribution in [1.29, 1.82) is 0 Å². The van der Waals surface area contributed by atoms with Gasteiger partial charge < -0.3 is 15.2 Å². The molecule has 0 bridgehead atoms. The van der Waals surface area contributed by atoms with Gasteiger partial charge in [0.25, 0.3) is 5.91 Å². The van der Waals surface area contributed by atoms with E-state index in [1.54, 1.807) is 18.2 Å². The van der Waals surface area contributed by atoms with Crippen molar-refractivity contribution in [2.45, 2.75) is 25.4 Å². The fourth-order valence-electron chi connectivity index (χ4n) is 2.98. The number of carbonyl (C=O) groups is 2. The largest absolute Gasteiger partial charge is 0.479 e. The molecule has 0 aliphatic heterocycles. The second-order valence-electron chi connectivity index (χ2n) is 5.76. The van der Waals surface area contributed by atoms with Gasteiger partial charge in [0.1, 0.15) is 11.5 Å². The normalized spacial score (nSPS) is 14.2. The third-order valence-corrected chi connectivity index (χ3v) is 4.23. The monoisotopic (exact) mass is 347 g/mol. The highest BCUT2D eigenvalue weighted by Gasteiger charge is 2.28. The Morgan fingerprint density at radius 1 is 1.40 bits per heavy atom. The number of carbonyl (C=O) groups excluding carboxylic acids is 1. The molecule has 0 saturated heterocycles. The minimum atomic E-state index is -1.16. The number of ether oxygens (including phenoxy) is 1. The molecule has 25 heavy (non-hydrogen) atoms. The average molecular weight is 347 g/mol. The Hall–Kier alpha value is -2.74. The SMILES string of the molecule is COC(CNC(=O)c1nn(-c2ccccc2F)c2c1CCC2)C(=O)O. The Bertz CT molecular complexity index is 818. The lowest BCUT2D eigenvalue weighted by atomic mass is 10.2. The predicted octanol–water partition coefficient (Wildman–Crippen LogP) is 1.33. The molecular formula is C17H18FN3O4. The smallest absolute Gasteiger partial charge is 0.334 e. The highest BCUT2D eigenvalue weighted by atomic mass is 19.1. The van der Waals surface area contributed by atoms with Gasteiger partial charge >= 0.3 is 5.97 Å². The lowest BCUT2D eigenvalue weighted by Crippen LogP contribution is -2.38. The second kappa shape index (κ2) is 7.02. The molecule has 1 aromatic carbocycles. The lowest BCUT2D eigenvalue weighted by molar-refractivity contribution is -0.148. The molecule has 1 heterocycles. The van der Waals surface area contributed by atoms with Gasteiger partial charge in [0.2, 0.25) is 0 Å². The van der Waals surface area contributed by atoms with Crippen LogP contribution in [0, 0.1) is 5.82 Å². The van der Waals surface area contributed by atoms with Crippen molar-refractivity contribution in [3.05, 3.63) is 47.0 Å². The number of hydrogen-bond acceptors (Lipinski definition) is 4. The fourth-order valence-corrected chi connectivity index (χ4v) is 2.98. The van der Waals surface area contributed by atoms with Crippen molar-refractivity contribution in [2.75, 3.05) is 13.7 Å². The summed E-state index contributed by atoms with van der Waals surface area (Å²) in [5.41, 5.74) is 2.10. The zero-order valence-electron chi connectivity index (χ0n) is 13.7. The molecule has 0 saturated carbocycles. The molecule has 2 N–H and O–H groups in total. The summed E-state index contributed by atoms with van der Waals surface area (Å²) in [6, 6.07) is 6.24. The van der Waals surface area contributed by atoms with Gasteiger partial charge in [-0.2, -0.15) is 5.10 Å². The number of fused-ring (bicyclic) bond motifs is 1. The Balaban J connectivity index is 1.88. The molecule has 8 heteroatoms. The summed E-state index contributed by atoms with van der Waals surface area (Å²) in [6.45, 7) is -0.175. The number of methoxy groups -OCH3 is 1. The highest BCUT2D eigenvalue weighted by molar-refractivity contribution is 5.94. The van der Waals surface area contributed by atoms with Crippen LogP contribution in [0.25, 0.3) is 5.69 Å². The van der Waals surface area contributed by atoms with Gasteiger partial charge in [-0.15, -0.1) is 0 Å². The molecule has 7 nitrogen and oxygen atoms in total. The van der Waals surface area contributed by atoms with Gasteiger partial charge in [-0.25, -0.2) is 13.9 Å². The van der Waals surface area contributed by atoms with Crippen LogP contribution in [0.1, 0.15) is 28.2 Å². The maximum Gasteiger partial charge on any atom is 0.334 e. The van der Waals surface area contributed by atoms with Gasteiger partial charge in [-0.05, 0) is 31.4 Å². The number of nitrogens with one attached hydrogen (secondary N) is 1. The van der Waals surface area contributed by atoms with Crippen LogP contribution in [0.3, 0.4) is 0 Å². The molecule has 1 atom stereocenters. The Labute approximate surface area is 143 Å². The summed E-state index contributed by atoms with van der Waals surface area (Å²) in [4.78, 5) is 23.4. The first-order valence-electron chi connectivity index (χ1n) is 7.92. The number of hydrogen-bond donors (Lipinski definition) is 2. The maximum absolute atomic E-state index is 14.1. The summed E-state index contributed by atoms with van der Waals surface area (Å²) in [6.07, 6.45) is 1.11. The topological polar surface area (TPSA) is 93.5 Å². The van der Waals surface area contributed by atoms with Gasteiger partial charge in [0, 0.05) is 18.4 Å². The van der Waals surface area contributed by atoms with Crippen molar-refractivity contribution in [3.63, 3.8) is 0 Å². The third kappa shape index (κ3) is 3.25. The van der Waals surface area contributed by atoms with Gasteiger partial charge in [0.15, 0.2) is 11.8 Å². The number of halogens is 1. The van der Waals surface area contributed by atoms with E-state index < -0.39 is 23.8 Å². The number of carboxylic acids is 1. The molecular weight excluding hydrogens is 329 g/mol. The van der Waals surface area contributed by atoms with Gasteiger partial charge in [-0.3, -0.25) is 4.79 Å². The minimum absolute atomic E-state index is 0.175. The molecule has 1 aromatic heterocycles. The molecule has 1 aliphatic rings. The van der Waals surface area contributed by atoms with E-state index >= 15 is 0 Å². The maximum atomic E-state index is 14.1. The van der Waals surface area contributed by atoms with Gasteiger partial charge in [-0.1, -0.05) is 12.1 Å². The fraction of sp³-hybridized carbons (Fsp3) is 0.353. The van der Waals surface area contributed by atoms with Crippen LogP contribution in [0.15, 0.2) is 24.3 Å². The van der Waals surface area contributed by atoms with E-state index in [0.717, 1.165) is 17.7 Å². The van der Waals surface area contributed by atoms with Crippen LogP contribution < -0.4 is 5.32 Å². The van der Waals surface area contributed by atoms with E-state index in [-0.39, 0.29) is 12.2 Å². The molecule has 2 aromatic rings. The summed E-state index contributed by atoms with van der Waals surface area (Å²) in [5, 5.41) is 15.8. The second-order valence-corrected chi connectivity index (χ2v) is 5.76. The highest BCUT2D eigenvalue weighted by Crippen LogP contribution is 2.28. The van der Waals surface area contributed by atoms with Crippen LogP contribution in [0.5, 0.6) is 0 Å². The Morgan fingerprint density at radius 2 is 2.16 bits per heavy atom. The molecule has 0 radical (unpaired) electrons. The van der Waals surface area contributed by atoms with E-state index in [4.69, 9.17) is 9.84 Å². The molecule has 1 unspecified atom stereocenters. The van der Waals surface area contributed by atoms with Crippen LogP contribution in [0.4, 0.5) is 4.39 Å². The summed E-state index contributed by atoms with van der Waals surface area (Å²) in [7, 11) is 1.26. The number of aliphatic carboxylic acids is 1. The summed E-state index contributed by atoms with van der Waals surface area (Å²) < 4.78 is 20.4. The molecule has 1 amide bonds. The Morgan fingerprint density at radius 3 is 2.84 bits per heavy atom. The van der Waals surface area contributed by atoms with Crippen molar-refractivity contribution in [1.82, 2.24) is 15.1 Å². The van der Waals surface area contributed by atoms with E-state index in [9.17, 15) is 14.0 Å². The number of benzene rings is 1. The van der Waals surface area contributed by atoms with E-state index in [1.807, 2.05) is 0 Å². The predicted molar refractivity (Wildman–Crippen MR) is 86.3 cm³/mol. The number of amides is 1. The standard InChI is InChI=1S/C17H18FN3O4/c1-25-14(17(23)24)9-19-16(22)15-10-5-4-8-12(10)21(20-15)13-7-3-2-6-11(13)18/h2-3,6-7,14H,4-5,8-9H2,1H3,(H,19,22)(H,23,24). The molecule has 0 spiro atoms. The van der Waals surface area contributed by atoms with Crippen molar-refractivity contribution < 1.29 is 23.8 Å². The van der Waals surface area contributed by atoms with Gasteiger partial charge in [0.05, 0.1) is 6.54 Å². The van der Waals surface area contributed by atoms with E-state index in [1.165, 1.54) is 17.9 Å². The van der Waals surface area contributed by atoms with Crippen molar-refractivity contribution in [2.24, 2.45) is 0 Å². The van der Waals surface area contributed by atoms with Crippen LogP contribution in [-0.2, 0) is 22.4 Å². The molecule has 132 valence electrons. The van der Waals surface area contributed by atoms with Crippen LogP contribution in [-0.4, -0.2) is 46.5 Å². The molecule has 1 aliphatic carbocycles. The minimum Gasteiger partial charge on any atom is -0.479 e. The quantitative estimate of drug-likeness (QED) is 0.822. The number of para-hydroxylation sites is 1. The number of aromatic nitrogens is 2. The molecule has 3 rings (SSSR count). The zero-order valence-corrected chi connectivity index (χ0v) is 13.7. The van der Waals surface area contributed by atoms with Crippen molar-refractivity contribution >= 4 is 11.9 Å². The van der Waals surface area contributed by atoms with Crippen LogP contribution in [0.2, 0.25) is 0 Å². The first-order chi connectivity index (χ1) is 12.0. The van der Waals surface area contributed by atoms with Crippen LogP contribution >= 0.6 is 0 Å². The average Bonchev–Trinajstić information content (AvgIpc) is 3.18. The van der Waals surface area contributed by atoms with E-state index in [0.29, 0.717) is 18.5 Å².